The van der Waals surface area contributed by atoms with E-state index in [0.29, 0.717) is 28.5 Å². The molecule has 0 spiro atoms. The number of benzene rings is 1. The summed E-state index contributed by atoms with van der Waals surface area (Å²) in [6.45, 7) is 3.94. The van der Waals surface area contributed by atoms with Crippen LogP contribution in [0.2, 0.25) is 5.02 Å². The fraction of sp³-hybridized carbons (Fsp3) is 0.292. The normalized spacial score (nSPS) is 15.3. The average Bonchev–Trinajstić information content (AvgIpc) is 3.20. The van der Waals surface area contributed by atoms with Crippen LogP contribution < -0.4 is 20.9 Å². The Kier molecular flexibility index (Phi) is 6.47. The highest BCUT2D eigenvalue weighted by molar-refractivity contribution is 6.32. The van der Waals surface area contributed by atoms with Crippen molar-refractivity contribution in [3.05, 3.63) is 58.1 Å². The minimum Gasteiger partial charge on any atom is -0.496 e. The summed E-state index contributed by atoms with van der Waals surface area (Å²) in [5.41, 5.74) is 12.6. The number of nitrogens with one attached hydrogen (secondary N) is 1. The van der Waals surface area contributed by atoms with Crippen LogP contribution in [-0.2, 0) is 0 Å². The van der Waals surface area contributed by atoms with E-state index in [9.17, 15) is 10.1 Å². The number of hydrogen-bond donors (Lipinski definition) is 2. The zero-order chi connectivity index (χ0) is 25.4. The Morgan fingerprint density at radius 2 is 2.09 bits per heavy atom. The molecule has 0 fully saturated rings. The molecule has 3 N–H and O–H groups in total. The van der Waals surface area contributed by atoms with Crippen LogP contribution in [0.25, 0.3) is 11.1 Å². The summed E-state index contributed by atoms with van der Waals surface area (Å²) >= 11 is 6.60. The maximum atomic E-state index is 12.3. The number of fused-ring (bicyclic) bond motifs is 1. The van der Waals surface area contributed by atoms with Crippen molar-refractivity contribution in [1.29, 1.82) is 5.26 Å². The lowest BCUT2D eigenvalue weighted by Crippen LogP contribution is -2.36. The molecule has 1 amide bonds. The number of ether oxygens (including phenoxy) is 1. The first-order valence-electron chi connectivity index (χ1n) is 10.8. The summed E-state index contributed by atoms with van der Waals surface area (Å²) in [4.78, 5) is 26.6. The number of halogens is 1. The number of nitriles is 1. The highest BCUT2D eigenvalue weighted by Gasteiger charge is 2.35. The first-order chi connectivity index (χ1) is 16.7. The summed E-state index contributed by atoms with van der Waals surface area (Å²) in [5, 5.41) is 12.1. The highest BCUT2D eigenvalue weighted by Crippen LogP contribution is 2.45. The Labute approximate surface area is 208 Å². The van der Waals surface area contributed by atoms with Gasteiger partial charge in [-0.15, -0.1) is 0 Å². The van der Waals surface area contributed by atoms with Gasteiger partial charge in [0, 0.05) is 37.0 Å². The summed E-state index contributed by atoms with van der Waals surface area (Å²) in [5.74, 6) is 1.32. The summed E-state index contributed by atoms with van der Waals surface area (Å²) in [6.07, 6.45) is 2.96. The van der Waals surface area contributed by atoms with E-state index in [2.05, 4.69) is 26.4 Å². The van der Waals surface area contributed by atoms with Crippen molar-refractivity contribution in [2.75, 3.05) is 31.9 Å². The quantitative estimate of drug-likeness (QED) is 0.548. The fourth-order valence-corrected chi connectivity index (χ4v) is 4.49. The van der Waals surface area contributed by atoms with Crippen LogP contribution in [0.3, 0.4) is 0 Å². The van der Waals surface area contributed by atoms with Gasteiger partial charge in [-0.25, -0.2) is 15.4 Å². The van der Waals surface area contributed by atoms with Gasteiger partial charge in [-0.3, -0.25) is 14.8 Å². The van der Waals surface area contributed by atoms with Crippen LogP contribution in [0.15, 0.2) is 30.7 Å². The van der Waals surface area contributed by atoms with E-state index in [0.717, 1.165) is 11.1 Å². The third-order valence-electron chi connectivity index (χ3n) is 5.98. The molecule has 180 valence electrons. The number of aromatic nitrogens is 3. The molecule has 1 aliphatic rings. The third kappa shape index (κ3) is 4.09. The van der Waals surface area contributed by atoms with Gasteiger partial charge in [-0.05, 0) is 26.0 Å². The summed E-state index contributed by atoms with van der Waals surface area (Å²) < 4.78 is 5.84. The second kappa shape index (κ2) is 9.37. The van der Waals surface area contributed by atoms with Gasteiger partial charge < -0.3 is 15.4 Å². The van der Waals surface area contributed by atoms with Crippen LogP contribution in [0.4, 0.5) is 11.6 Å². The maximum absolute atomic E-state index is 12.3. The smallest absolute Gasteiger partial charge is 0.271 e. The number of nitrogen functional groups attached to an aromatic ring is 1. The minimum absolute atomic E-state index is 0.0982. The molecule has 11 heteroatoms. The molecular weight excluding hydrogens is 468 g/mol. The van der Waals surface area contributed by atoms with E-state index in [4.69, 9.17) is 22.1 Å². The van der Waals surface area contributed by atoms with E-state index < -0.39 is 0 Å². The largest absolute Gasteiger partial charge is 0.496 e. The average molecular weight is 493 g/mol. The molecular formula is C24H25ClN8O2. The second-order valence-corrected chi connectivity index (χ2v) is 8.77. The molecule has 0 saturated carbocycles. The van der Waals surface area contributed by atoms with E-state index in [1.807, 2.05) is 18.9 Å². The molecule has 0 radical (unpaired) electrons. The predicted molar refractivity (Wildman–Crippen MR) is 133 cm³/mol. The molecule has 4 rings (SSSR count). The number of rotatable bonds is 5. The number of hydrogen-bond acceptors (Lipinski definition) is 9. The van der Waals surface area contributed by atoms with E-state index in [1.165, 1.54) is 18.3 Å². The number of methoxy groups -OCH3 is 1. The zero-order valence-electron chi connectivity index (χ0n) is 20.0. The molecule has 0 saturated heterocycles. The first-order valence-corrected chi connectivity index (χ1v) is 11.2. The lowest BCUT2D eigenvalue weighted by molar-refractivity contribution is 0.0822. The van der Waals surface area contributed by atoms with Crippen LogP contribution >= 0.6 is 11.6 Å². The van der Waals surface area contributed by atoms with Gasteiger partial charge in [-0.2, -0.15) is 5.26 Å². The third-order valence-corrected chi connectivity index (χ3v) is 6.28. The maximum Gasteiger partial charge on any atom is 0.271 e. The SMILES string of the molecule is COc1c(C(C)N2NC(C)c3c(N)ncnc32)cc(Cl)c(C#N)c1-c1ccc(C(=O)N(C)C)nc1. The van der Waals surface area contributed by atoms with Crippen LogP contribution in [-0.4, -0.2) is 47.0 Å². The number of hydrazine groups is 1. The van der Waals surface area contributed by atoms with Crippen molar-refractivity contribution in [2.45, 2.75) is 25.9 Å². The van der Waals surface area contributed by atoms with Gasteiger partial charge in [-0.1, -0.05) is 17.7 Å². The molecule has 10 nitrogen and oxygen atoms in total. The lowest BCUT2D eigenvalue weighted by Gasteiger charge is -2.29. The molecule has 2 unspecified atom stereocenters. The van der Waals surface area contributed by atoms with Crippen molar-refractivity contribution in [2.24, 2.45) is 0 Å². The van der Waals surface area contributed by atoms with E-state index >= 15 is 0 Å². The lowest BCUT2D eigenvalue weighted by atomic mass is 9.94. The molecule has 1 aromatic carbocycles. The van der Waals surface area contributed by atoms with Gasteiger partial charge in [0.25, 0.3) is 5.91 Å². The highest BCUT2D eigenvalue weighted by atomic mass is 35.5. The monoisotopic (exact) mass is 492 g/mol. The standard InChI is InChI=1S/C24H25ClN8O2/c1-12-19-22(27)29-11-30-23(19)33(31-12)13(2)15-8-17(25)16(9-26)20(21(15)35-5)14-6-7-18(28-10-14)24(34)32(3)4/h6-8,10-13,31H,1-5H3,(H2,27,29,30). The molecule has 0 bridgehead atoms. The molecule has 0 aliphatic carbocycles. The van der Waals surface area contributed by atoms with Crippen molar-refractivity contribution in [3.63, 3.8) is 0 Å². The first kappa shape index (κ1) is 24.2. The number of anilines is 2. The topological polar surface area (TPSA) is 133 Å². The Morgan fingerprint density at radius 3 is 2.69 bits per heavy atom. The number of nitrogens with zero attached hydrogens (tertiary/aromatic N) is 6. The number of nitrogens with two attached hydrogens (primary N) is 1. The summed E-state index contributed by atoms with van der Waals surface area (Å²) in [7, 11) is 4.85. The van der Waals surface area contributed by atoms with Gasteiger partial charge in [0.15, 0.2) is 5.82 Å². The molecule has 3 heterocycles. The fourth-order valence-electron chi connectivity index (χ4n) is 4.24. The van der Waals surface area contributed by atoms with Crippen LogP contribution in [0.5, 0.6) is 5.75 Å². The van der Waals surface area contributed by atoms with Crippen molar-refractivity contribution >= 4 is 29.1 Å². The van der Waals surface area contributed by atoms with Gasteiger partial charge in [0.2, 0.25) is 0 Å². The Balaban J connectivity index is 1.85. The molecule has 2 aromatic heterocycles. The van der Waals surface area contributed by atoms with Gasteiger partial charge in [0.05, 0.1) is 35.3 Å². The zero-order valence-corrected chi connectivity index (χ0v) is 20.8. The van der Waals surface area contributed by atoms with Gasteiger partial charge >= 0.3 is 0 Å². The van der Waals surface area contributed by atoms with Gasteiger partial charge in [0.1, 0.15) is 29.7 Å². The molecule has 1 aliphatic heterocycles. The number of amides is 1. The Morgan fingerprint density at radius 1 is 1.34 bits per heavy atom. The minimum atomic E-state index is -0.311. The molecule has 3 aromatic rings. The number of pyridine rings is 1. The van der Waals surface area contributed by atoms with Crippen molar-refractivity contribution in [3.8, 4) is 22.9 Å². The Bertz CT molecular complexity index is 1340. The van der Waals surface area contributed by atoms with Crippen LogP contribution in [0, 0.1) is 11.3 Å². The van der Waals surface area contributed by atoms with E-state index in [-0.39, 0.29) is 34.3 Å². The Hall–Kier alpha value is -3.94. The van der Waals surface area contributed by atoms with Crippen LogP contribution in [0.1, 0.15) is 53.1 Å². The van der Waals surface area contributed by atoms with Crippen molar-refractivity contribution in [1.82, 2.24) is 25.3 Å². The summed E-state index contributed by atoms with van der Waals surface area (Å²) in [6, 6.07) is 6.83. The second-order valence-electron chi connectivity index (χ2n) is 8.37. The van der Waals surface area contributed by atoms with E-state index in [1.54, 1.807) is 38.5 Å². The number of carbonyl (C=O) groups is 1. The molecule has 2 atom stereocenters. The molecule has 35 heavy (non-hydrogen) atoms. The number of carbonyl (C=O) groups excluding carboxylic acids is 1. The van der Waals surface area contributed by atoms with Crippen molar-refractivity contribution < 1.29 is 9.53 Å². The predicted octanol–water partition coefficient (Wildman–Crippen LogP) is 3.50.